The van der Waals surface area contributed by atoms with Gasteiger partial charge in [-0.25, -0.2) is 9.37 Å². The van der Waals surface area contributed by atoms with E-state index in [1.165, 1.54) is 6.07 Å². The van der Waals surface area contributed by atoms with Crippen molar-refractivity contribution in [1.29, 1.82) is 0 Å². The molecule has 0 radical (unpaired) electrons. The fourth-order valence-electron chi connectivity index (χ4n) is 1.86. The molecule has 0 spiro atoms. The molecule has 0 bridgehead atoms. The third-order valence-electron chi connectivity index (χ3n) is 2.79. The van der Waals surface area contributed by atoms with Gasteiger partial charge in [0.25, 0.3) is 0 Å². The summed E-state index contributed by atoms with van der Waals surface area (Å²) in [7, 11) is 0. The zero-order valence-corrected chi connectivity index (χ0v) is 11.2. The highest BCUT2D eigenvalue weighted by Gasteiger charge is 2.14. The van der Waals surface area contributed by atoms with Crippen molar-refractivity contribution in [2.24, 2.45) is 0 Å². The number of hydrogen-bond acceptors (Lipinski definition) is 3. The van der Waals surface area contributed by atoms with E-state index in [2.05, 4.69) is 4.98 Å². The number of pyridine rings is 1. The van der Waals surface area contributed by atoms with Gasteiger partial charge in [0.15, 0.2) is 0 Å². The lowest BCUT2D eigenvalue weighted by Crippen LogP contribution is -2.19. The average molecular weight is 281 g/mol. The van der Waals surface area contributed by atoms with E-state index < -0.39 is 0 Å². The number of halogens is 2. The third kappa shape index (κ3) is 2.85. The largest absolute Gasteiger partial charge is 0.390 e. The van der Waals surface area contributed by atoms with Crippen molar-refractivity contribution in [3.63, 3.8) is 0 Å². The second-order valence-corrected chi connectivity index (χ2v) is 4.36. The van der Waals surface area contributed by atoms with E-state index in [0.717, 1.165) is 0 Å². The smallest absolute Gasteiger partial charge is 0.146 e. The zero-order valence-electron chi connectivity index (χ0n) is 10.5. The monoisotopic (exact) mass is 280 g/mol. The average Bonchev–Trinajstić information content (AvgIpc) is 2.43. The Morgan fingerprint density at radius 1 is 1.26 bits per heavy atom. The Balaban J connectivity index is 2.45. The number of aliphatic hydroxyl groups excluding tert-OH is 1. The van der Waals surface area contributed by atoms with Gasteiger partial charge in [-0.3, -0.25) is 0 Å². The minimum absolute atomic E-state index is 0.249. The summed E-state index contributed by atoms with van der Waals surface area (Å²) in [5.74, 6) is 0.243. The number of benzene rings is 1. The van der Waals surface area contributed by atoms with Crippen LogP contribution in [-0.2, 0) is 6.61 Å². The Kier molecular flexibility index (Phi) is 4.35. The summed E-state index contributed by atoms with van der Waals surface area (Å²) in [5, 5.41) is 9.58. The molecule has 0 saturated carbocycles. The Hall–Kier alpha value is -1.65. The van der Waals surface area contributed by atoms with Crippen LogP contribution in [0.4, 0.5) is 15.9 Å². The molecule has 100 valence electrons. The highest BCUT2D eigenvalue weighted by molar-refractivity contribution is 6.31. The molecule has 0 unspecified atom stereocenters. The maximum absolute atomic E-state index is 13.8. The lowest BCUT2D eigenvalue weighted by atomic mass is 10.2. The Morgan fingerprint density at radius 3 is 2.63 bits per heavy atom. The summed E-state index contributed by atoms with van der Waals surface area (Å²) >= 11 is 5.91. The predicted octanol–water partition coefficient (Wildman–Crippen LogP) is 3.52. The normalized spacial score (nSPS) is 10.5. The van der Waals surface area contributed by atoms with Gasteiger partial charge in [-0.15, -0.1) is 0 Å². The van der Waals surface area contributed by atoms with E-state index in [9.17, 15) is 9.50 Å². The van der Waals surface area contributed by atoms with Crippen LogP contribution in [0.25, 0.3) is 0 Å². The van der Waals surface area contributed by atoms with Crippen LogP contribution in [0.15, 0.2) is 36.4 Å². The van der Waals surface area contributed by atoms with Crippen LogP contribution in [0.1, 0.15) is 12.6 Å². The van der Waals surface area contributed by atoms with Crippen LogP contribution in [0, 0.1) is 5.82 Å². The van der Waals surface area contributed by atoms with Crippen molar-refractivity contribution in [1.82, 2.24) is 4.98 Å². The Bertz CT molecular complexity index is 577. The lowest BCUT2D eigenvalue weighted by Gasteiger charge is -2.23. The van der Waals surface area contributed by atoms with E-state index in [-0.39, 0.29) is 12.4 Å². The van der Waals surface area contributed by atoms with Crippen molar-refractivity contribution in [3.8, 4) is 0 Å². The van der Waals surface area contributed by atoms with Crippen LogP contribution in [0.5, 0.6) is 0 Å². The maximum atomic E-state index is 13.8. The molecule has 1 aromatic carbocycles. The van der Waals surface area contributed by atoms with Crippen LogP contribution in [-0.4, -0.2) is 16.6 Å². The van der Waals surface area contributed by atoms with Gasteiger partial charge < -0.3 is 10.0 Å². The third-order valence-corrected chi connectivity index (χ3v) is 3.13. The number of nitrogens with zero attached hydrogens (tertiary/aromatic N) is 2. The molecule has 0 aliphatic rings. The molecule has 0 amide bonds. The van der Waals surface area contributed by atoms with Crippen molar-refractivity contribution >= 4 is 23.1 Å². The molecule has 3 nitrogen and oxygen atoms in total. The predicted molar refractivity (Wildman–Crippen MR) is 74.2 cm³/mol. The van der Waals surface area contributed by atoms with Crippen LogP contribution < -0.4 is 4.90 Å². The summed E-state index contributed by atoms with van der Waals surface area (Å²) in [6.07, 6.45) is 0. The summed E-state index contributed by atoms with van der Waals surface area (Å²) in [6.45, 7) is 2.21. The zero-order chi connectivity index (χ0) is 13.8. The molecule has 2 aromatic rings. The highest BCUT2D eigenvalue weighted by Crippen LogP contribution is 2.27. The molecular weight excluding hydrogens is 267 g/mol. The summed E-state index contributed by atoms with van der Waals surface area (Å²) in [5.41, 5.74) is 0.831. The molecule has 1 heterocycles. The maximum Gasteiger partial charge on any atom is 0.146 e. The first-order valence-corrected chi connectivity index (χ1v) is 6.33. The van der Waals surface area contributed by atoms with E-state index in [1.54, 1.807) is 35.2 Å². The number of para-hydroxylation sites is 1. The number of aromatic nitrogens is 1. The van der Waals surface area contributed by atoms with Crippen LogP contribution >= 0.6 is 11.6 Å². The van der Waals surface area contributed by atoms with Crippen molar-refractivity contribution in [2.45, 2.75) is 13.5 Å². The van der Waals surface area contributed by atoms with E-state index in [4.69, 9.17) is 11.6 Å². The summed E-state index contributed by atoms with van der Waals surface area (Å²) < 4.78 is 13.8. The molecule has 0 aliphatic heterocycles. The standard InChI is InChI=1S/C14H14ClFN2O/c1-2-18(13-6-4-3-5-11(13)16)14-8-7-10(15)12(9-19)17-14/h3-8,19H,2,9H2,1H3. The number of rotatable bonds is 4. The summed E-state index contributed by atoms with van der Waals surface area (Å²) in [6, 6.07) is 9.86. The Morgan fingerprint density at radius 2 is 2.00 bits per heavy atom. The second kappa shape index (κ2) is 5.99. The molecule has 0 saturated heterocycles. The first-order valence-electron chi connectivity index (χ1n) is 5.95. The van der Waals surface area contributed by atoms with Gasteiger partial charge in [-0.05, 0) is 31.2 Å². The van der Waals surface area contributed by atoms with E-state index in [0.29, 0.717) is 28.8 Å². The molecule has 1 N–H and O–H groups in total. The first kappa shape index (κ1) is 13.8. The minimum atomic E-state index is -0.313. The van der Waals surface area contributed by atoms with Gasteiger partial charge >= 0.3 is 0 Å². The fraction of sp³-hybridized carbons (Fsp3) is 0.214. The molecule has 0 atom stereocenters. The van der Waals surface area contributed by atoms with Crippen LogP contribution in [0.3, 0.4) is 0 Å². The molecule has 0 aliphatic carbocycles. The molecule has 1 aromatic heterocycles. The van der Waals surface area contributed by atoms with Crippen molar-refractivity contribution in [3.05, 3.63) is 52.9 Å². The quantitative estimate of drug-likeness (QED) is 0.931. The van der Waals surface area contributed by atoms with Gasteiger partial charge in [0.2, 0.25) is 0 Å². The first-order chi connectivity index (χ1) is 9.17. The van der Waals surface area contributed by atoms with E-state index >= 15 is 0 Å². The van der Waals surface area contributed by atoms with Gasteiger partial charge in [-0.1, -0.05) is 23.7 Å². The minimum Gasteiger partial charge on any atom is -0.390 e. The lowest BCUT2D eigenvalue weighted by molar-refractivity contribution is 0.277. The van der Waals surface area contributed by atoms with Crippen molar-refractivity contribution < 1.29 is 9.50 Å². The van der Waals surface area contributed by atoms with Gasteiger partial charge in [0.05, 0.1) is 23.0 Å². The summed E-state index contributed by atoms with van der Waals surface area (Å²) in [4.78, 5) is 5.98. The fourth-order valence-corrected chi connectivity index (χ4v) is 2.03. The van der Waals surface area contributed by atoms with Crippen LogP contribution in [0.2, 0.25) is 5.02 Å². The SMILES string of the molecule is CCN(c1ccc(Cl)c(CO)n1)c1ccccc1F. The highest BCUT2D eigenvalue weighted by atomic mass is 35.5. The molecule has 19 heavy (non-hydrogen) atoms. The molecule has 0 fully saturated rings. The Labute approximate surface area is 116 Å². The molecular formula is C14H14ClFN2O. The number of hydrogen-bond donors (Lipinski definition) is 1. The molecule has 5 heteroatoms. The number of anilines is 2. The van der Waals surface area contributed by atoms with Crippen molar-refractivity contribution in [2.75, 3.05) is 11.4 Å². The van der Waals surface area contributed by atoms with Gasteiger partial charge in [-0.2, -0.15) is 0 Å². The van der Waals surface area contributed by atoms with Gasteiger partial charge in [0, 0.05) is 6.54 Å². The topological polar surface area (TPSA) is 36.4 Å². The van der Waals surface area contributed by atoms with E-state index in [1.807, 2.05) is 6.92 Å². The second-order valence-electron chi connectivity index (χ2n) is 3.95. The van der Waals surface area contributed by atoms with Gasteiger partial charge in [0.1, 0.15) is 11.6 Å². The molecule has 2 rings (SSSR count). The number of aliphatic hydroxyl groups is 1.